The Morgan fingerprint density at radius 3 is 2.40 bits per heavy atom. The van der Waals surface area contributed by atoms with Gasteiger partial charge in [-0.25, -0.2) is 0 Å². The standard InChI is InChI=1S/C13H21N.ClH/c1-4-5-6-13(14)12-8-7-10(2)11(3)9-12;/h7-9,13H,4-6,14H2,1-3H3;1H/t13-;/m0./s1. The fourth-order valence-electron chi connectivity index (χ4n) is 1.59. The van der Waals surface area contributed by atoms with Gasteiger partial charge < -0.3 is 5.73 Å². The average Bonchev–Trinajstić information content (AvgIpc) is 2.18. The first-order valence-corrected chi connectivity index (χ1v) is 5.48. The van der Waals surface area contributed by atoms with E-state index in [0.717, 1.165) is 6.42 Å². The summed E-state index contributed by atoms with van der Waals surface area (Å²) in [6, 6.07) is 6.75. The number of aryl methyl sites for hydroxylation is 2. The molecule has 0 radical (unpaired) electrons. The Bertz CT molecular complexity index is 297. The van der Waals surface area contributed by atoms with Crippen molar-refractivity contribution in [2.24, 2.45) is 5.73 Å². The van der Waals surface area contributed by atoms with Crippen molar-refractivity contribution in [3.05, 3.63) is 34.9 Å². The predicted octanol–water partition coefficient (Wildman–Crippen LogP) is 3.92. The van der Waals surface area contributed by atoms with Crippen molar-refractivity contribution < 1.29 is 0 Å². The van der Waals surface area contributed by atoms with E-state index in [-0.39, 0.29) is 18.4 Å². The summed E-state index contributed by atoms with van der Waals surface area (Å²) in [4.78, 5) is 0. The lowest BCUT2D eigenvalue weighted by atomic mass is 9.98. The molecule has 0 aromatic heterocycles. The molecule has 0 aliphatic heterocycles. The van der Waals surface area contributed by atoms with Crippen LogP contribution < -0.4 is 5.73 Å². The molecule has 0 aliphatic carbocycles. The van der Waals surface area contributed by atoms with Gasteiger partial charge in [-0.1, -0.05) is 38.0 Å². The predicted molar refractivity (Wildman–Crippen MR) is 69.6 cm³/mol. The van der Waals surface area contributed by atoms with Crippen LogP contribution in [0.25, 0.3) is 0 Å². The summed E-state index contributed by atoms with van der Waals surface area (Å²) in [5.41, 5.74) is 10.1. The summed E-state index contributed by atoms with van der Waals surface area (Å²) < 4.78 is 0. The number of nitrogens with two attached hydrogens (primary N) is 1. The lowest BCUT2D eigenvalue weighted by Crippen LogP contribution is -2.10. The Labute approximate surface area is 99.5 Å². The van der Waals surface area contributed by atoms with E-state index in [1.54, 1.807) is 0 Å². The van der Waals surface area contributed by atoms with Crippen molar-refractivity contribution in [2.45, 2.75) is 46.1 Å². The Hall–Kier alpha value is -0.530. The molecule has 0 spiro atoms. The zero-order valence-electron chi connectivity index (χ0n) is 9.92. The highest BCUT2D eigenvalue weighted by molar-refractivity contribution is 5.85. The van der Waals surface area contributed by atoms with E-state index in [9.17, 15) is 0 Å². The molecule has 0 unspecified atom stereocenters. The molecule has 1 rings (SSSR count). The second-order valence-corrected chi connectivity index (χ2v) is 4.09. The monoisotopic (exact) mass is 227 g/mol. The molecule has 0 saturated carbocycles. The van der Waals surface area contributed by atoms with Crippen LogP contribution >= 0.6 is 12.4 Å². The molecule has 1 aromatic carbocycles. The zero-order chi connectivity index (χ0) is 10.6. The van der Waals surface area contributed by atoms with Gasteiger partial charge >= 0.3 is 0 Å². The van der Waals surface area contributed by atoms with E-state index in [1.165, 1.54) is 29.5 Å². The van der Waals surface area contributed by atoms with Crippen LogP contribution in [0.3, 0.4) is 0 Å². The van der Waals surface area contributed by atoms with Crippen molar-refractivity contribution in [2.75, 3.05) is 0 Å². The highest BCUT2D eigenvalue weighted by atomic mass is 35.5. The molecule has 0 aliphatic rings. The van der Waals surface area contributed by atoms with Gasteiger partial charge in [-0.15, -0.1) is 12.4 Å². The Kier molecular flexibility index (Phi) is 6.62. The minimum Gasteiger partial charge on any atom is -0.324 e. The van der Waals surface area contributed by atoms with Gasteiger partial charge in [-0.05, 0) is 37.0 Å². The van der Waals surface area contributed by atoms with E-state index in [1.807, 2.05) is 0 Å². The van der Waals surface area contributed by atoms with Crippen LogP contribution in [-0.2, 0) is 0 Å². The van der Waals surface area contributed by atoms with Crippen LogP contribution in [0.15, 0.2) is 18.2 Å². The summed E-state index contributed by atoms with van der Waals surface area (Å²) in [5.74, 6) is 0. The molecular weight excluding hydrogens is 206 g/mol. The molecule has 1 aromatic rings. The summed E-state index contributed by atoms with van der Waals surface area (Å²) in [5, 5.41) is 0. The first-order valence-electron chi connectivity index (χ1n) is 5.48. The Balaban J connectivity index is 0.00000196. The molecule has 2 N–H and O–H groups in total. The first-order chi connectivity index (χ1) is 6.65. The molecule has 0 amide bonds. The van der Waals surface area contributed by atoms with Crippen molar-refractivity contribution in [1.82, 2.24) is 0 Å². The summed E-state index contributed by atoms with van der Waals surface area (Å²) in [6.45, 7) is 6.48. The number of unbranched alkanes of at least 4 members (excludes halogenated alkanes) is 1. The molecule has 0 bridgehead atoms. The largest absolute Gasteiger partial charge is 0.324 e. The van der Waals surface area contributed by atoms with Crippen molar-refractivity contribution in [1.29, 1.82) is 0 Å². The molecule has 0 fully saturated rings. The van der Waals surface area contributed by atoms with Crippen molar-refractivity contribution >= 4 is 12.4 Å². The molecule has 0 heterocycles. The fraction of sp³-hybridized carbons (Fsp3) is 0.538. The number of halogens is 1. The molecule has 15 heavy (non-hydrogen) atoms. The molecular formula is C13H22ClN. The van der Waals surface area contributed by atoms with Crippen molar-refractivity contribution in [3.63, 3.8) is 0 Å². The van der Waals surface area contributed by atoms with E-state index in [4.69, 9.17) is 5.73 Å². The Morgan fingerprint density at radius 2 is 1.87 bits per heavy atom. The van der Waals surface area contributed by atoms with E-state index in [2.05, 4.69) is 39.0 Å². The van der Waals surface area contributed by atoms with Crippen LogP contribution in [-0.4, -0.2) is 0 Å². The lowest BCUT2D eigenvalue weighted by Gasteiger charge is -2.13. The van der Waals surface area contributed by atoms with E-state index in [0.29, 0.717) is 0 Å². The van der Waals surface area contributed by atoms with Crippen LogP contribution in [0.5, 0.6) is 0 Å². The van der Waals surface area contributed by atoms with Crippen LogP contribution in [0, 0.1) is 13.8 Å². The second kappa shape index (κ2) is 6.86. The molecule has 0 saturated heterocycles. The van der Waals surface area contributed by atoms with Gasteiger partial charge in [0.2, 0.25) is 0 Å². The molecule has 1 atom stereocenters. The highest BCUT2D eigenvalue weighted by Crippen LogP contribution is 2.19. The van der Waals surface area contributed by atoms with Crippen LogP contribution in [0.4, 0.5) is 0 Å². The quantitative estimate of drug-likeness (QED) is 0.829. The summed E-state index contributed by atoms with van der Waals surface area (Å²) >= 11 is 0. The topological polar surface area (TPSA) is 26.0 Å². The van der Waals surface area contributed by atoms with E-state index >= 15 is 0 Å². The van der Waals surface area contributed by atoms with Gasteiger partial charge in [0.05, 0.1) is 0 Å². The Morgan fingerprint density at radius 1 is 1.20 bits per heavy atom. The van der Waals surface area contributed by atoms with Crippen LogP contribution in [0.2, 0.25) is 0 Å². The maximum atomic E-state index is 6.10. The van der Waals surface area contributed by atoms with Gasteiger partial charge in [-0.2, -0.15) is 0 Å². The number of hydrogen-bond donors (Lipinski definition) is 1. The fourth-order valence-corrected chi connectivity index (χ4v) is 1.59. The number of rotatable bonds is 4. The average molecular weight is 228 g/mol. The van der Waals surface area contributed by atoms with E-state index < -0.39 is 0 Å². The minimum absolute atomic E-state index is 0. The molecule has 86 valence electrons. The van der Waals surface area contributed by atoms with Gasteiger partial charge in [-0.3, -0.25) is 0 Å². The van der Waals surface area contributed by atoms with Crippen molar-refractivity contribution in [3.8, 4) is 0 Å². The maximum absolute atomic E-state index is 6.10. The van der Waals surface area contributed by atoms with Crippen LogP contribution in [0.1, 0.15) is 48.9 Å². The summed E-state index contributed by atoms with van der Waals surface area (Å²) in [7, 11) is 0. The zero-order valence-corrected chi connectivity index (χ0v) is 10.7. The smallest absolute Gasteiger partial charge is 0.0294 e. The number of benzene rings is 1. The number of hydrogen-bond acceptors (Lipinski definition) is 1. The third-order valence-corrected chi connectivity index (χ3v) is 2.83. The molecule has 2 heteroatoms. The third-order valence-electron chi connectivity index (χ3n) is 2.83. The maximum Gasteiger partial charge on any atom is 0.0294 e. The van der Waals surface area contributed by atoms with Gasteiger partial charge in [0.25, 0.3) is 0 Å². The first kappa shape index (κ1) is 14.5. The molecule has 1 nitrogen and oxygen atoms in total. The van der Waals surface area contributed by atoms with Gasteiger partial charge in [0.15, 0.2) is 0 Å². The van der Waals surface area contributed by atoms with Gasteiger partial charge in [0.1, 0.15) is 0 Å². The minimum atomic E-state index is 0. The highest BCUT2D eigenvalue weighted by Gasteiger charge is 2.05. The second-order valence-electron chi connectivity index (χ2n) is 4.09. The SMILES string of the molecule is CCCC[C@H](N)c1ccc(C)c(C)c1.Cl. The normalized spacial score (nSPS) is 12.0. The van der Waals surface area contributed by atoms with Gasteiger partial charge in [0, 0.05) is 6.04 Å². The third kappa shape index (κ3) is 4.23. The summed E-state index contributed by atoms with van der Waals surface area (Å²) in [6.07, 6.45) is 3.53. The lowest BCUT2D eigenvalue weighted by molar-refractivity contribution is 0.603.